The summed E-state index contributed by atoms with van der Waals surface area (Å²) in [6.07, 6.45) is 2.13. The molecular formula is C23H27FN2O2. The lowest BCUT2D eigenvalue weighted by Gasteiger charge is -2.23. The predicted molar refractivity (Wildman–Crippen MR) is 108 cm³/mol. The van der Waals surface area contributed by atoms with Gasteiger partial charge in [0.05, 0.1) is 13.0 Å². The Morgan fingerprint density at radius 2 is 1.82 bits per heavy atom. The van der Waals surface area contributed by atoms with Crippen molar-refractivity contribution in [2.24, 2.45) is 11.8 Å². The first kappa shape index (κ1) is 20.1. The molecule has 0 heterocycles. The molecule has 1 fully saturated rings. The second-order valence-corrected chi connectivity index (χ2v) is 7.87. The van der Waals surface area contributed by atoms with Gasteiger partial charge in [-0.25, -0.2) is 4.39 Å². The normalized spacial score (nSPS) is 13.4. The fraction of sp³-hybridized carbons (Fsp3) is 0.391. The van der Waals surface area contributed by atoms with Gasteiger partial charge in [0.2, 0.25) is 11.8 Å². The maximum absolute atomic E-state index is 13.5. The van der Waals surface area contributed by atoms with E-state index in [4.69, 9.17) is 0 Å². The zero-order chi connectivity index (χ0) is 20.1. The van der Waals surface area contributed by atoms with Gasteiger partial charge in [0.25, 0.3) is 0 Å². The molecular weight excluding hydrogens is 355 g/mol. The largest absolute Gasteiger partial charge is 0.356 e. The van der Waals surface area contributed by atoms with E-state index in [-0.39, 0.29) is 23.5 Å². The maximum Gasteiger partial charge on any atom is 0.230 e. The van der Waals surface area contributed by atoms with Gasteiger partial charge in [0.15, 0.2) is 0 Å². The van der Waals surface area contributed by atoms with E-state index in [0.29, 0.717) is 25.4 Å². The van der Waals surface area contributed by atoms with Crippen LogP contribution in [0.1, 0.15) is 37.8 Å². The third kappa shape index (κ3) is 5.65. The molecule has 0 spiro atoms. The second-order valence-electron chi connectivity index (χ2n) is 7.87. The summed E-state index contributed by atoms with van der Waals surface area (Å²) in [4.78, 5) is 26.5. The van der Waals surface area contributed by atoms with Crippen molar-refractivity contribution in [3.63, 3.8) is 0 Å². The van der Waals surface area contributed by atoms with Crippen LogP contribution in [0.3, 0.4) is 0 Å². The van der Waals surface area contributed by atoms with Crippen LogP contribution in [0, 0.1) is 17.7 Å². The van der Waals surface area contributed by atoms with Crippen LogP contribution >= 0.6 is 0 Å². The predicted octanol–water partition coefficient (Wildman–Crippen LogP) is 4.08. The molecule has 1 N–H and O–H groups in total. The van der Waals surface area contributed by atoms with Crippen LogP contribution in [0.4, 0.5) is 10.1 Å². The number of carbonyl (C=O) groups excluding carboxylic acids is 2. The molecule has 2 aromatic carbocycles. The minimum absolute atomic E-state index is 0.00729. The Morgan fingerprint density at radius 1 is 1.11 bits per heavy atom. The van der Waals surface area contributed by atoms with E-state index in [1.54, 1.807) is 11.0 Å². The number of nitrogens with zero attached hydrogens (tertiary/aromatic N) is 1. The zero-order valence-electron chi connectivity index (χ0n) is 16.5. The second kappa shape index (κ2) is 9.00. The number of amides is 2. The molecule has 148 valence electrons. The number of rotatable bonds is 8. The molecule has 0 atom stereocenters. The van der Waals surface area contributed by atoms with Crippen molar-refractivity contribution in [3.8, 4) is 0 Å². The van der Waals surface area contributed by atoms with Crippen molar-refractivity contribution in [1.82, 2.24) is 5.32 Å². The molecule has 1 saturated carbocycles. The van der Waals surface area contributed by atoms with Gasteiger partial charge in [-0.05, 0) is 54.2 Å². The van der Waals surface area contributed by atoms with Crippen LogP contribution in [0.25, 0.3) is 0 Å². The van der Waals surface area contributed by atoms with E-state index in [0.717, 1.165) is 29.7 Å². The van der Waals surface area contributed by atoms with E-state index in [2.05, 4.69) is 19.2 Å². The molecule has 1 aliphatic rings. The molecule has 28 heavy (non-hydrogen) atoms. The number of carbonyl (C=O) groups is 2. The van der Waals surface area contributed by atoms with E-state index in [9.17, 15) is 14.0 Å². The van der Waals surface area contributed by atoms with E-state index >= 15 is 0 Å². The number of hydrogen-bond donors (Lipinski definition) is 1. The molecule has 0 bridgehead atoms. The lowest BCUT2D eigenvalue weighted by atomic mass is 10.1. The summed E-state index contributed by atoms with van der Waals surface area (Å²) in [5.41, 5.74) is 2.42. The van der Waals surface area contributed by atoms with E-state index in [1.807, 2.05) is 30.3 Å². The Labute approximate surface area is 165 Å². The smallest absolute Gasteiger partial charge is 0.230 e. The summed E-state index contributed by atoms with van der Waals surface area (Å²) in [5, 5.41) is 2.91. The molecule has 0 aromatic heterocycles. The Bertz CT molecular complexity index is 829. The maximum atomic E-state index is 13.5. The highest BCUT2D eigenvalue weighted by Crippen LogP contribution is 2.33. The van der Waals surface area contributed by atoms with Gasteiger partial charge < -0.3 is 10.2 Å². The number of anilines is 1. The fourth-order valence-corrected chi connectivity index (χ4v) is 3.02. The topological polar surface area (TPSA) is 49.4 Å². The lowest BCUT2D eigenvalue weighted by Crippen LogP contribution is -2.31. The minimum atomic E-state index is -0.306. The fourth-order valence-electron chi connectivity index (χ4n) is 3.02. The number of benzene rings is 2. The van der Waals surface area contributed by atoms with Crippen LogP contribution in [0.5, 0.6) is 0 Å². The first-order chi connectivity index (χ1) is 13.4. The highest BCUT2D eigenvalue weighted by Gasteiger charge is 2.34. The minimum Gasteiger partial charge on any atom is -0.356 e. The SMILES string of the molecule is CC(C)CNC(=O)Cc1ccc(N(Cc2cccc(F)c2)C(=O)C2CC2)cc1. The third-order valence-electron chi connectivity index (χ3n) is 4.74. The highest BCUT2D eigenvalue weighted by atomic mass is 19.1. The summed E-state index contributed by atoms with van der Waals surface area (Å²) < 4.78 is 13.5. The quantitative estimate of drug-likeness (QED) is 0.748. The van der Waals surface area contributed by atoms with Crippen molar-refractivity contribution in [3.05, 3.63) is 65.5 Å². The molecule has 0 radical (unpaired) electrons. The summed E-state index contributed by atoms with van der Waals surface area (Å²) in [6.45, 7) is 5.10. The first-order valence-electron chi connectivity index (χ1n) is 9.84. The number of halogens is 1. The standard InChI is InChI=1S/C23H27FN2O2/c1-16(2)14-25-22(27)13-17-6-10-21(11-7-17)26(23(28)19-8-9-19)15-18-4-3-5-20(24)12-18/h3-7,10-12,16,19H,8-9,13-15H2,1-2H3,(H,25,27). The molecule has 0 unspecified atom stereocenters. The van der Waals surface area contributed by atoms with Crippen molar-refractivity contribution in [1.29, 1.82) is 0 Å². The Kier molecular flexibility index (Phi) is 6.45. The summed E-state index contributed by atoms with van der Waals surface area (Å²) in [5.74, 6) is 0.240. The monoisotopic (exact) mass is 382 g/mol. The van der Waals surface area contributed by atoms with Gasteiger partial charge >= 0.3 is 0 Å². The lowest BCUT2D eigenvalue weighted by molar-refractivity contribution is -0.121. The summed E-state index contributed by atoms with van der Waals surface area (Å²) >= 11 is 0. The molecule has 0 aliphatic heterocycles. The van der Waals surface area contributed by atoms with E-state index < -0.39 is 0 Å². The first-order valence-corrected chi connectivity index (χ1v) is 9.84. The Balaban J connectivity index is 1.71. The molecule has 1 aliphatic carbocycles. The summed E-state index contributed by atoms with van der Waals surface area (Å²) in [7, 11) is 0. The van der Waals surface area contributed by atoms with Crippen LogP contribution in [0.15, 0.2) is 48.5 Å². The van der Waals surface area contributed by atoms with E-state index in [1.165, 1.54) is 12.1 Å². The molecule has 3 rings (SSSR count). The number of nitrogens with one attached hydrogen (secondary N) is 1. The van der Waals surface area contributed by atoms with Crippen LogP contribution in [-0.2, 0) is 22.6 Å². The third-order valence-corrected chi connectivity index (χ3v) is 4.74. The highest BCUT2D eigenvalue weighted by molar-refractivity contribution is 5.96. The molecule has 2 aromatic rings. The van der Waals surface area contributed by atoms with Gasteiger partial charge in [-0.15, -0.1) is 0 Å². The van der Waals surface area contributed by atoms with Crippen LogP contribution < -0.4 is 10.2 Å². The average Bonchev–Trinajstić information content (AvgIpc) is 3.50. The Hall–Kier alpha value is -2.69. The van der Waals surface area contributed by atoms with Gasteiger partial charge in [0, 0.05) is 18.2 Å². The van der Waals surface area contributed by atoms with Crippen molar-refractivity contribution in [2.75, 3.05) is 11.4 Å². The van der Waals surface area contributed by atoms with Crippen molar-refractivity contribution < 1.29 is 14.0 Å². The molecule has 4 nitrogen and oxygen atoms in total. The van der Waals surface area contributed by atoms with Gasteiger partial charge in [-0.2, -0.15) is 0 Å². The van der Waals surface area contributed by atoms with Crippen molar-refractivity contribution in [2.45, 2.75) is 39.7 Å². The van der Waals surface area contributed by atoms with Crippen LogP contribution in [-0.4, -0.2) is 18.4 Å². The average molecular weight is 382 g/mol. The van der Waals surface area contributed by atoms with Crippen LogP contribution in [0.2, 0.25) is 0 Å². The number of hydrogen-bond acceptors (Lipinski definition) is 2. The molecule has 2 amide bonds. The molecule has 0 saturated heterocycles. The van der Waals surface area contributed by atoms with Gasteiger partial charge in [-0.3, -0.25) is 9.59 Å². The Morgan fingerprint density at radius 3 is 2.43 bits per heavy atom. The summed E-state index contributed by atoms with van der Waals surface area (Å²) in [6, 6.07) is 13.8. The molecule has 5 heteroatoms. The van der Waals surface area contributed by atoms with Gasteiger partial charge in [-0.1, -0.05) is 38.1 Å². The zero-order valence-corrected chi connectivity index (χ0v) is 16.5. The van der Waals surface area contributed by atoms with Crippen molar-refractivity contribution >= 4 is 17.5 Å². The van der Waals surface area contributed by atoms with Gasteiger partial charge in [0.1, 0.15) is 5.82 Å².